The Balaban J connectivity index is 1.95. The molecule has 120 valence electrons. The molecule has 0 aliphatic heterocycles. The normalized spacial score (nSPS) is 9.83. The van der Waals surface area contributed by atoms with E-state index in [0.29, 0.717) is 22.7 Å². The molecule has 6 heteroatoms. The Morgan fingerprint density at radius 2 is 1.70 bits per heavy atom. The van der Waals surface area contributed by atoms with E-state index in [0.717, 1.165) is 0 Å². The van der Waals surface area contributed by atoms with Gasteiger partial charge in [-0.25, -0.2) is 4.79 Å². The number of amides is 1. The lowest BCUT2D eigenvalue weighted by Gasteiger charge is -2.11. The molecule has 0 aliphatic carbocycles. The van der Waals surface area contributed by atoms with Crippen LogP contribution in [0.3, 0.4) is 0 Å². The monoisotopic (exact) mass is 314 g/mol. The zero-order chi connectivity index (χ0) is 16.7. The summed E-state index contributed by atoms with van der Waals surface area (Å²) in [5.41, 5.74) is 1.59. The summed E-state index contributed by atoms with van der Waals surface area (Å²) in [6.45, 7) is 0.0278. The number of anilines is 2. The smallest absolute Gasteiger partial charge is 0.339 e. The third-order valence-electron chi connectivity index (χ3n) is 3.15. The Hall–Kier alpha value is -3.02. The Morgan fingerprint density at radius 1 is 1.00 bits per heavy atom. The van der Waals surface area contributed by atoms with Crippen LogP contribution in [0.2, 0.25) is 0 Å². The van der Waals surface area contributed by atoms with Crippen LogP contribution >= 0.6 is 0 Å². The van der Waals surface area contributed by atoms with Gasteiger partial charge in [0.15, 0.2) is 0 Å². The molecule has 0 fully saturated rings. The summed E-state index contributed by atoms with van der Waals surface area (Å²) in [7, 11) is 2.89. The number of benzene rings is 2. The first-order valence-electron chi connectivity index (χ1n) is 6.99. The molecular formula is C17H18N2O4. The summed E-state index contributed by atoms with van der Waals surface area (Å²) < 4.78 is 9.77. The summed E-state index contributed by atoms with van der Waals surface area (Å²) in [4.78, 5) is 23.6. The molecule has 6 nitrogen and oxygen atoms in total. The lowest BCUT2D eigenvalue weighted by Crippen LogP contribution is -2.22. The van der Waals surface area contributed by atoms with Crippen molar-refractivity contribution in [2.45, 2.75) is 0 Å². The molecule has 0 aliphatic rings. The first-order valence-corrected chi connectivity index (χ1v) is 6.99. The molecular weight excluding hydrogens is 296 g/mol. The number of esters is 1. The van der Waals surface area contributed by atoms with Crippen molar-refractivity contribution in [3.63, 3.8) is 0 Å². The van der Waals surface area contributed by atoms with Crippen molar-refractivity contribution in [3.8, 4) is 5.75 Å². The zero-order valence-corrected chi connectivity index (χ0v) is 13.0. The second kappa shape index (κ2) is 7.84. The van der Waals surface area contributed by atoms with Gasteiger partial charge < -0.3 is 20.1 Å². The molecule has 0 heterocycles. The lowest BCUT2D eigenvalue weighted by molar-refractivity contribution is -0.114. The van der Waals surface area contributed by atoms with Gasteiger partial charge >= 0.3 is 5.97 Å². The topological polar surface area (TPSA) is 76.7 Å². The minimum Gasteiger partial charge on any atom is -0.497 e. The Morgan fingerprint density at radius 3 is 2.35 bits per heavy atom. The van der Waals surface area contributed by atoms with Crippen molar-refractivity contribution in [3.05, 3.63) is 54.1 Å². The van der Waals surface area contributed by atoms with Crippen LogP contribution in [-0.4, -0.2) is 32.6 Å². The molecule has 2 rings (SSSR count). The average molecular weight is 314 g/mol. The van der Waals surface area contributed by atoms with Crippen LogP contribution < -0.4 is 15.4 Å². The van der Waals surface area contributed by atoms with Crippen molar-refractivity contribution < 1.29 is 19.1 Å². The number of hydrogen-bond donors (Lipinski definition) is 2. The second-order valence-corrected chi connectivity index (χ2v) is 4.67. The predicted molar refractivity (Wildman–Crippen MR) is 87.9 cm³/mol. The van der Waals surface area contributed by atoms with Crippen LogP contribution in [0.15, 0.2) is 48.5 Å². The molecule has 0 saturated carbocycles. The molecule has 0 unspecified atom stereocenters. The number of nitrogens with one attached hydrogen (secondary N) is 2. The molecule has 1 amide bonds. The van der Waals surface area contributed by atoms with Crippen LogP contribution in [-0.2, 0) is 9.53 Å². The molecule has 0 saturated heterocycles. The summed E-state index contributed by atoms with van der Waals surface area (Å²) in [6.07, 6.45) is 0. The highest BCUT2D eigenvalue weighted by atomic mass is 16.5. The van der Waals surface area contributed by atoms with Gasteiger partial charge in [0.05, 0.1) is 26.3 Å². The number of para-hydroxylation sites is 1. The quantitative estimate of drug-likeness (QED) is 0.801. The van der Waals surface area contributed by atoms with Crippen LogP contribution in [0.1, 0.15) is 10.4 Å². The average Bonchev–Trinajstić information content (AvgIpc) is 2.60. The predicted octanol–water partition coefficient (Wildman–Crippen LogP) is 2.53. The highest BCUT2D eigenvalue weighted by Crippen LogP contribution is 2.17. The van der Waals surface area contributed by atoms with E-state index >= 15 is 0 Å². The fourth-order valence-electron chi connectivity index (χ4n) is 1.98. The highest BCUT2D eigenvalue weighted by molar-refractivity contribution is 5.98. The standard InChI is InChI=1S/C17H18N2O4/c1-22-13-9-7-12(8-10-13)19-16(20)11-18-15-6-4-3-5-14(15)17(21)23-2/h3-10,18H,11H2,1-2H3,(H,19,20). The van der Waals surface area contributed by atoms with Gasteiger partial charge in [-0.1, -0.05) is 12.1 Å². The SMILES string of the molecule is COC(=O)c1ccccc1NCC(=O)Nc1ccc(OC)cc1. The first kappa shape index (κ1) is 16.4. The fourth-order valence-corrected chi connectivity index (χ4v) is 1.98. The molecule has 2 aromatic rings. The van der Waals surface area contributed by atoms with Gasteiger partial charge in [-0.2, -0.15) is 0 Å². The number of ether oxygens (including phenoxy) is 2. The van der Waals surface area contributed by atoms with E-state index in [1.165, 1.54) is 7.11 Å². The zero-order valence-electron chi connectivity index (χ0n) is 13.0. The van der Waals surface area contributed by atoms with Crippen molar-refractivity contribution in [2.75, 3.05) is 31.4 Å². The van der Waals surface area contributed by atoms with Crippen molar-refractivity contribution in [1.82, 2.24) is 0 Å². The number of methoxy groups -OCH3 is 2. The summed E-state index contributed by atoms with van der Waals surface area (Å²) in [5.74, 6) is 0.0339. The molecule has 23 heavy (non-hydrogen) atoms. The van der Waals surface area contributed by atoms with Crippen LogP contribution in [0, 0.1) is 0 Å². The Labute approximate surface area is 134 Å². The Kier molecular flexibility index (Phi) is 5.57. The van der Waals surface area contributed by atoms with Gasteiger partial charge in [0.25, 0.3) is 0 Å². The molecule has 0 bridgehead atoms. The third kappa shape index (κ3) is 4.47. The maximum absolute atomic E-state index is 12.0. The number of carbonyl (C=O) groups excluding carboxylic acids is 2. The van der Waals surface area contributed by atoms with E-state index in [-0.39, 0.29) is 12.5 Å². The van der Waals surface area contributed by atoms with Crippen molar-refractivity contribution in [1.29, 1.82) is 0 Å². The van der Waals surface area contributed by atoms with Gasteiger partial charge in [0.1, 0.15) is 5.75 Å². The van der Waals surface area contributed by atoms with Crippen molar-refractivity contribution in [2.24, 2.45) is 0 Å². The van der Waals surface area contributed by atoms with Gasteiger partial charge in [0, 0.05) is 11.4 Å². The van der Waals surface area contributed by atoms with Gasteiger partial charge in [-0.05, 0) is 36.4 Å². The van der Waals surface area contributed by atoms with E-state index in [4.69, 9.17) is 9.47 Å². The molecule has 0 radical (unpaired) electrons. The first-order chi connectivity index (χ1) is 11.1. The van der Waals surface area contributed by atoms with Gasteiger partial charge in [0.2, 0.25) is 5.91 Å². The van der Waals surface area contributed by atoms with E-state index in [1.807, 2.05) is 0 Å². The van der Waals surface area contributed by atoms with E-state index in [9.17, 15) is 9.59 Å². The van der Waals surface area contributed by atoms with Crippen LogP contribution in [0.5, 0.6) is 5.75 Å². The summed E-state index contributed by atoms with van der Waals surface area (Å²) >= 11 is 0. The van der Waals surface area contributed by atoms with Crippen LogP contribution in [0.4, 0.5) is 11.4 Å². The maximum Gasteiger partial charge on any atom is 0.339 e. The molecule has 0 spiro atoms. The Bertz CT molecular complexity index is 683. The van der Waals surface area contributed by atoms with Gasteiger partial charge in [-0.3, -0.25) is 4.79 Å². The van der Waals surface area contributed by atoms with Gasteiger partial charge in [-0.15, -0.1) is 0 Å². The molecule has 0 aromatic heterocycles. The number of hydrogen-bond acceptors (Lipinski definition) is 5. The molecule has 2 N–H and O–H groups in total. The molecule has 0 atom stereocenters. The summed E-state index contributed by atoms with van der Waals surface area (Å²) in [5, 5.41) is 5.69. The number of carbonyl (C=O) groups is 2. The van der Waals surface area contributed by atoms with E-state index in [1.54, 1.807) is 55.6 Å². The molecule has 2 aromatic carbocycles. The highest BCUT2D eigenvalue weighted by Gasteiger charge is 2.11. The minimum atomic E-state index is -0.455. The summed E-state index contributed by atoms with van der Waals surface area (Å²) in [6, 6.07) is 13.9. The fraction of sp³-hybridized carbons (Fsp3) is 0.176. The van der Waals surface area contributed by atoms with Crippen molar-refractivity contribution >= 4 is 23.3 Å². The second-order valence-electron chi connectivity index (χ2n) is 4.67. The number of rotatable bonds is 6. The third-order valence-corrected chi connectivity index (χ3v) is 3.15. The maximum atomic E-state index is 12.0. The van der Waals surface area contributed by atoms with Crippen LogP contribution in [0.25, 0.3) is 0 Å². The minimum absolute atomic E-state index is 0.0278. The largest absolute Gasteiger partial charge is 0.497 e. The van der Waals surface area contributed by atoms with E-state index < -0.39 is 5.97 Å². The lowest BCUT2D eigenvalue weighted by atomic mass is 10.2. The van der Waals surface area contributed by atoms with E-state index in [2.05, 4.69) is 10.6 Å².